The summed E-state index contributed by atoms with van der Waals surface area (Å²) in [4.78, 5) is 40.1. The van der Waals surface area contributed by atoms with Crippen molar-refractivity contribution in [3.8, 4) is 0 Å². The molecular formula is C18H25ClFN3O6. The second-order valence-electron chi connectivity index (χ2n) is 7.10. The number of nitrogen functional groups attached to an aromatic ring is 1. The highest BCUT2D eigenvalue weighted by Gasteiger charge is 2.59. The molecule has 0 aromatic carbocycles. The van der Waals surface area contributed by atoms with Crippen molar-refractivity contribution >= 4 is 29.4 Å². The Morgan fingerprint density at radius 3 is 2.55 bits per heavy atom. The fourth-order valence-corrected chi connectivity index (χ4v) is 2.63. The van der Waals surface area contributed by atoms with Gasteiger partial charge in [0, 0.05) is 8.94 Å². The van der Waals surface area contributed by atoms with Gasteiger partial charge in [-0.05, 0) is 6.07 Å². The molecule has 1 aromatic rings. The molecule has 11 heteroatoms. The van der Waals surface area contributed by atoms with Crippen LogP contribution in [0.2, 0.25) is 0 Å². The van der Waals surface area contributed by atoms with Gasteiger partial charge in [-0.15, -0.1) is 11.6 Å². The van der Waals surface area contributed by atoms with Gasteiger partial charge in [0.2, 0.25) is 0 Å². The minimum Gasteiger partial charge on any atom is -0.462 e. The zero-order valence-corrected chi connectivity index (χ0v) is 17.1. The van der Waals surface area contributed by atoms with Crippen LogP contribution in [0.15, 0.2) is 17.1 Å². The topological polar surface area (TPSA) is 123 Å². The number of carbonyl (C=O) groups excluding carboxylic acids is 2. The van der Waals surface area contributed by atoms with Gasteiger partial charge < -0.3 is 19.9 Å². The quantitative estimate of drug-likeness (QED) is 0.503. The molecular weight excluding hydrogens is 409 g/mol. The molecule has 29 heavy (non-hydrogen) atoms. The van der Waals surface area contributed by atoms with Crippen molar-refractivity contribution in [1.29, 1.82) is 0 Å². The Hall–Kier alpha value is -2.20. The Balaban J connectivity index is 2.65. The van der Waals surface area contributed by atoms with E-state index in [0.29, 0.717) is 4.57 Å². The van der Waals surface area contributed by atoms with Crippen molar-refractivity contribution in [3.63, 3.8) is 0 Å². The first kappa shape index (κ1) is 18.8. The molecule has 2 N–H and O–H groups in total. The Kier molecular flexibility index (Phi) is 5.89. The van der Waals surface area contributed by atoms with E-state index in [4.69, 9.17) is 35.7 Å². The molecule has 2 rings (SSSR count). The standard InChI is InChI=1S/C18H25ClFN3O6/c1-9(2)15(24)27-8-18(7-19)13(28-16(25)10(3)4)12(20)14(29-18)23-6-5-11(21)22-17(23)26/h5-6,9-10,12-14H,7-8H2,1-4H3,(H2,21,22,26)/t12?,13?,14-,18-/m1/s1/i7D2,8D/t8?,12?,13?,14-,18-. The fraction of sp³-hybridized carbons (Fsp3) is 0.667. The van der Waals surface area contributed by atoms with E-state index in [-0.39, 0.29) is 5.82 Å². The van der Waals surface area contributed by atoms with Crippen LogP contribution >= 0.6 is 11.6 Å². The van der Waals surface area contributed by atoms with E-state index in [1.807, 2.05) is 0 Å². The number of hydrogen-bond acceptors (Lipinski definition) is 8. The maximum absolute atomic E-state index is 15.7. The zero-order valence-electron chi connectivity index (χ0n) is 19.3. The molecule has 162 valence electrons. The summed E-state index contributed by atoms with van der Waals surface area (Å²) in [7, 11) is 0. The fourth-order valence-electron chi connectivity index (χ4n) is 2.44. The van der Waals surface area contributed by atoms with E-state index in [2.05, 4.69) is 4.98 Å². The van der Waals surface area contributed by atoms with Crippen molar-refractivity contribution in [1.82, 2.24) is 9.55 Å². The van der Waals surface area contributed by atoms with Gasteiger partial charge in [0.15, 0.2) is 24.1 Å². The minimum atomic E-state index is -3.09. The molecule has 1 fully saturated rings. The number of ether oxygens (including phenoxy) is 3. The second-order valence-corrected chi connectivity index (χ2v) is 7.29. The first-order valence-electron chi connectivity index (χ1n) is 10.4. The van der Waals surface area contributed by atoms with E-state index in [1.54, 1.807) is 0 Å². The Bertz CT molecular complexity index is 928. The molecule has 1 aliphatic heterocycles. The van der Waals surface area contributed by atoms with Crippen molar-refractivity contribution in [2.45, 2.75) is 51.8 Å². The van der Waals surface area contributed by atoms with E-state index in [9.17, 15) is 14.4 Å². The monoisotopic (exact) mass is 436 g/mol. The molecule has 9 nitrogen and oxygen atoms in total. The third-order valence-corrected chi connectivity index (χ3v) is 4.40. The summed E-state index contributed by atoms with van der Waals surface area (Å²) in [5.74, 6) is -6.61. The van der Waals surface area contributed by atoms with Gasteiger partial charge in [0.1, 0.15) is 12.4 Å². The molecule has 0 bridgehead atoms. The molecule has 0 saturated carbocycles. The molecule has 2 heterocycles. The normalized spacial score (nSPS) is 29.8. The van der Waals surface area contributed by atoms with Crippen molar-refractivity contribution in [2.75, 3.05) is 18.1 Å². The van der Waals surface area contributed by atoms with Crippen LogP contribution in [0.5, 0.6) is 0 Å². The highest BCUT2D eigenvalue weighted by molar-refractivity contribution is 6.18. The Morgan fingerprint density at radius 1 is 1.41 bits per heavy atom. The number of anilines is 1. The van der Waals surface area contributed by atoms with Crippen LogP contribution in [-0.2, 0) is 23.8 Å². The summed E-state index contributed by atoms with van der Waals surface area (Å²) in [6.07, 6.45) is -5.41. The van der Waals surface area contributed by atoms with Crippen molar-refractivity contribution in [3.05, 3.63) is 22.7 Å². The molecule has 1 saturated heterocycles. The van der Waals surface area contributed by atoms with Gasteiger partial charge in [-0.3, -0.25) is 14.2 Å². The van der Waals surface area contributed by atoms with Gasteiger partial charge in [-0.1, -0.05) is 27.7 Å². The summed E-state index contributed by atoms with van der Waals surface area (Å²) in [5, 5.41) is 0. The summed E-state index contributed by atoms with van der Waals surface area (Å²) >= 11 is 5.91. The Labute approximate surface area is 176 Å². The van der Waals surface area contributed by atoms with E-state index < -0.39 is 66.0 Å². The van der Waals surface area contributed by atoms with Crippen molar-refractivity contribution < 1.29 is 32.3 Å². The summed E-state index contributed by atoms with van der Waals surface area (Å²) in [6.45, 7) is 3.55. The average Bonchev–Trinajstić information content (AvgIpc) is 2.95. The summed E-state index contributed by atoms with van der Waals surface area (Å²) in [6, 6.07) is 1.17. The van der Waals surface area contributed by atoms with Gasteiger partial charge in [-0.25, -0.2) is 9.18 Å². The van der Waals surface area contributed by atoms with Crippen LogP contribution in [0.1, 0.15) is 38.0 Å². The van der Waals surface area contributed by atoms with Gasteiger partial charge in [-0.2, -0.15) is 4.98 Å². The van der Waals surface area contributed by atoms with E-state index >= 15 is 4.39 Å². The number of esters is 2. The van der Waals surface area contributed by atoms with E-state index in [0.717, 1.165) is 6.20 Å². The number of hydrogen-bond donors (Lipinski definition) is 1. The largest absolute Gasteiger partial charge is 0.462 e. The van der Waals surface area contributed by atoms with E-state index in [1.165, 1.54) is 33.8 Å². The molecule has 3 unspecified atom stereocenters. The number of rotatable bonds is 7. The van der Waals surface area contributed by atoms with Gasteiger partial charge >= 0.3 is 17.6 Å². The maximum atomic E-state index is 15.7. The lowest BCUT2D eigenvalue weighted by atomic mass is 9.98. The van der Waals surface area contributed by atoms with Crippen molar-refractivity contribution in [2.24, 2.45) is 11.8 Å². The first-order chi connectivity index (χ1) is 14.6. The minimum absolute atomic E-state index is 0.161. The SMILES string of the molecule is [2H]C(OC(=O)C(C)C)[C@@]1(C([2H])([2H])Cl)O[C@@H](n2ccc(N)nc2=O)C(F)C1OC(=O)C(C)C. The predicted octanol–water partition coefficient (Wildman–Crippen LogP) is 1.44. The number of carbonyl (C=O) groups is 2. The summed E-state index contributed by atoms with van der Waals surface area (Å²) < 4.78 is 56.5. The number of alkyl halides is 2. The predicted molar refractivity (Wildman–Crippen MR) is 102 cm³/mol. The van der Waals surface area contributed by atoms with Crippen LogP contribution in [0.4, 0.5) is 10.2 Å². The molecule has 0 amide bonds. The van der Waals surface area contributed by atoms with Crippen LogP contribution in [0, 0.1) is 11.8 Å². The maximum Gasteiger partial charge on any atom is 0.351 e. The van der Waals surface area contributed by atoms with Crippen LogP contribution < -0.4 is 11.4 Å². The van der Waals surface area contributed by atoms with Crippen LogP contribution in [-0.4, -0.2) is 51.8 Å². The molecule has 5 atom stereocenters. The number of nitrogens with two attached hydrogens (primary N) is 1. The second kappa shape index (κ2) is 9.08. The Morgan fingerprint density at radius 2 is 2.03 bits per heavy atom. The summed E-state index contributed by atoms with van der Waals surface area (Å²) in [5.41, 5.74) is 1.56. The molecule has 1 aliphatic rings. The molecule has 0 spiro atoms. The highest BCUT2D eigenvalue weighted by atomic mass is 35.5. The molecule has 1 aromatic heterocycles. The van der Waals surface area contributed by atoms with Gasteiger partial charge in [0.05, 0.1) is 19.0 Å². The third-order valence-electron chi connectivity index (χ3n) is 4.11. The molecule has 0 aliphatic carbocycles. The lowest BCUT2D eigenvalue weighted by molar-refractivity contribution is -0.177. The van der Waals surface area contributed by atoms with Gasteiger partial charge in [0.25, 0.3) is 0 Å². The molecule has 0 radical (unpaired) electrons. The van der Waals surface area contributed by atoms with Crippen LogP contribution in [0.3, 0.4) is 0 Å². The number of aromatic nitrogens is 2. The zero-order chi connectivity index (χ0) is 24.6. The lowest BCUT2D eigenvalue weighted by Crippen LogP contribution is -2.51. The first-order valence-corrected chi connectivity index (χ1v) is 9.20. The van der Waals surface area contributed by atoms with Crippen LogP contribution in [0.25, 0.3) is 0 Å². The average molecular weight is 437 g/mol. The highest BCUT2D eigenvalue weighted by Crippen LogP contribution is 2.42. The third kappa shape index (κ3) is 4.87. The lowest BCUT2D eigenvalue weighted by Gasteiger charge is -2.32. The number of nitrogens with zero attached hydrogens (tertiary/aromatic N) is 2. The smallest absolute Gasteiger partial charge is 0.351 e. The number of halogens is 2.